The summed E-state index contributed by atoms with van der Waals surface area (Å²) in [4.78, 5) is 12.1. The van der Waals surface area contributed by atoms with Crippen LogP contribution < -0.4 is 11.1 Å². The van der Waals surface area contributed by atoms with E-state index in [1.165, 1.54) is 13.8 Å². The summed E-state index contributed by atoms with van der Waals surface area (Å²) in [5.41, 5.74) is 5.49. The van der Waals surface area contributed by atoms with E-state index in [0.717, 1.165) is 12.7 Å². The fourth-order valence-corrected chi connectivity index (χ4v) is 1.65. The molecule has 1 unspecified atom stereocenters. The maximum absolute atomic E-state index is 11.9. The van der Waals surface area contributed by atoms with Crippen LogP contribution in [-0.4, -0.2) is 36.4 Å². The van der Waals surface area contributed by atoms with Crippen LogP contribution in [0.2, 0.25) is 0 Å². The van der Waals surface area contributed by atoms with Crippen LogP contribution in [0.25, 0.3) is 0 Å². The minimum absolute atomic E-state index is 0.171. The third kappa shape index (κ3) is 4.23. The molecule has 0 spiro atoms. The van der Waals surface area contributed by atoms with Gasteiger partial charge in [-0.05, 0) is 20.3 Å². The van der Waals surface area contributed by atoms with Crippen molar-refractivity contribution < 1.29 is 13.2 Å². The Labute approximate surface area is 108 Å². The second kappa shape index (κ2) is 5.77. The molecule has 0 aliphatic rings. The SMILES string of the molecule is CCCC(NC(=O)C(C)(C)S(C)(=O)=O)C(N)=S. The molecule has 7 heteroatoms. The van der Waals surface area contributed by atoms with E-state index >= 15 is 0 Å². The molecule has 0 aromatic carbocycles. The zero-order chi connectivity index (χ0) is 13.9. The monoisotopic (exact) mass is 280 g/mol. The van der Waals surface area contributed by atoms with Gasteiger partial charge in [0.15, 0.2) is 9.84 Å². The fraction of sp³-hybridized carbons (Fsp3) is 0.800. The number of nitrogens with two attached hydrogens (primary N) is 1. The van der Waals surface area contributed by atoms with Gasteiger partial charge in [-0.2, -0.15) is 0 Å². The van der Waals surface area contributed by atoms with Crippen molar-refractivity contribution in [3.8, 4) is 0 Å². The van der Waals surface area contributed by atoms with Gasteiger partial charge in [-0.15, -0.1) is 0 Å². The maximum atomic E-state index is 11.9. The minimum Gasteiger partial charge on any atom is -0.392 e. The summed E-state index contributed by atoms with van der Waals surface area (Å²) >= 11 is 4.83. The predicted molar refractivity (Wildman–Crippen MR) is 72.5 cm³/mol. The molecule has 1 amide bonds. The van der Waals surface area contributed by atoms with Crippen molar-refractivity contribution in [2.75, 3.05) is 6.26 Å². The highest BCUT2D eigenvalue weighted by atomic mass is 32.2. The second-order valence-corrected chi connectivity index (χ2v) is 7.54. The number of rotatable bonds is 6. The average Bonchev–Trinajstić information content (AvgIpc) is 2.14. The molecule has 0 bridgehead atoms. The Kier molecular flexibility index (Phi) is 5.54. The molecule has 100 valence electrons. The van der Waals surface area contributed by atoms with Gasteiger partial charge in [0.1, 0.15) is 4.75 Å². The molecule has 0 radical (unpaired) electrons. The molecule has 0 rings (SSSR count). The largest absolute Gasteiger partial charge is 0.392 e. The van der Waals surface area contributed by atoms with Crippen LogP contribution in [0.5, 0.6) is 0 Å². The quantitative estimate of drug-likeness (QED) is 0.687. The molecule has 0 saturated heterocycles. The van der Waals surface area contributed by atoms with Gasteiger partial charge in [-0.3, -0.25) is 4.79 Å². The summed E-state index contributed by atoms with van der Waals surface area (Å²) in [7, 11) is -3.48. The molecule has 5 nitrogen and oxygen atoms in total. The molecular formula is C10H20N2O3S2. The van der Waals surface area contributed by atoms with Crippen molar-refractivity contribution in [1.82, 2.24) is 5.32 Å². The van der Waals surface area contributed by atoms with E-state index in [1.807, 2.05) is 6.92 Å². The Bertz CT molecular complexity index is 402. The first-order valence-corrected chi connectivity index (χ1v) is 7.63. The molecule has 0 fully saturated rings. The van der Waals surface area contributed by atoms with E-state index in [0.29, 0.717) is 6.42 Å². The van der Waals surface area contributed by atoms with Gasteiger partial charge in [0.25, 0.3) is 0 Å². The third-order valence-electron chi connectivity index (χ3n) is 2.70. The van der Waals surface area contributed by atoms with Gasteiger partial charge in [0.2, 0.25) is 5.91 Å². The van der Waals surface area contributed by atoms with Crippen molar-refractivity contribution in [1.29, 1.82) is 0 Å². The molecule has 0 aromatic heterocycles. The number of sulfone groups is 1. The Balaban J connectivity index is 4.91. The zero-order valence-electron chi connectivity index (χ0n) is 10.6. The first-order valence-electron chi connectivity index (χ1n) is 5.34. The Morgan fingerprint density at radius 2 is 1.94 bits per heavy atom. The Morgan fingerprint density at radius 3 is 2.24 bits per heavy atom. The molecule has 1 atom stereocenters. The zero-order valence-corrected chi connectivity index (χ0v) is 12.2. The lowest BCUT2D eigenvalue weighted by molar-refractivity contribution is -0.123. The summed E-state index contributed by atoms with van der Waals surface area (Å²) in [5.74, 6) is -0.578. The number of nitrogens with one attached hydrogen (secondary N) is 1. The van der Waals surface area contributed by atoms with E-state index in [-0.39, 0.29) is 4.99 Å². The minimum atomic E-state index is -3.48. The van der Waals surface area contributed by atoms with Crippen LogP contribution in [0.4, 0.5) is 0 Å². The molecule has 0 heterocycles. The van der Waals surface area contributed by atoms with Crippen LogP contribution in [0.3, 0.4) is 0 Å². The van der Waals surface area contributed by atoms with Crippen LogP contribution in [-0.2, 0) is 14.6 Å². The molecule has 0 saturated carbocycles. The summed E-state index contributed by atoms with van der Waals surface area (Å²) in [6.45, 7) is 4.65. The van der Waals surface area contributed by atoms with E-state index < -0.39 is 26.5 Å². The van der Waals surface area contributed by atoms with Gasteiger partial charge >= 0.3 is 0 Å². The van der Waals surface area contributed by atoms with E-state index in [4.69, 9.17) is 18.0 Å². The fourth-order valence-electron chi connectivity index (χ4n) is 1.07. The molecule has 0 aliphatic heterocycles. The first kappa shape index (κ1) is 16.3. The average molecular weight is 280 g/mol. The van der Waals surface area contributed by atoms with E-state index in [1.54, 1.807) is 0 Å². The highest BCUT2D eigenvalue weighted by Crippen LogP contribution is 2.15. The number of thiocarbonyl (C=S) groups is 1. The number of carbonyl (C=O) groups excluding carboxylic acids is 1. The lowest BCUT2D eigenvalue weighted by atomic mass is 10.1. The van der Waals surface area contributed by atoms with Gasteiger partial charge in [0, 0.05) is 6.26 Å². The molecule has 17 heavy (non-hydrogen) atoms. The summed E-state index contributed by atoms with van der Waals surface area (Å²) in [5, 5.41) is 2.58. The smallest absolute Gasteiger partial charge is 0.241 e. The number of carbonyl (C=O) groups is 1. The van der Waals surface area contributed by atoms with Crippen LogP contribution >= 0.6 is 12.2 Å². The Hall–Kier alpha value is -0.690. The van der Waals surface area contributed by atoms with Gasteiger partial charge < -0.3 is 11.1 Å². The number of hydrogen-bond donors (Lipinski definition) is 2. The highest BCUT2D eigenvalue weighted by Gasteiger charge is 2.39. The Morgan fingerprint density at radius 1 is 1.47 bits per heavy atom. The summed E-state index contributed by atoms with van der Waals surface area (Å²) in [6, 6.07) is -0.455. The van der Waals surface area contributed by atoms with Gasteiger partial charge in [0.05, 0.1) is 11.0 Å². The molecule has 0 aliphatic carbocycles. The van der Waals surface area contributed by atoms with Gasteiger partial charge in [-0.1, -0.05) is 25.6 Å². The molecular weight excluding hydrogens is 260 g/mol. The first-order chi connectivity index (χ1) is 7.54. The van der Waals surface area contributed by atoms with E-state index in [2.05, 4.69) is 5.32 Å². The number of amides is 1. The van der Waals surface area contributed by atoms with Crippen LogP contribution in [0, 0.1) is 0 Å². The van der Waals surface area contributed by atoms with E-state index in [9.17, 15) is 13.2 Å². The normalized spacial score (nSPS) is 14.1. The van der Waals surface area contributed by atoms with Crippen molar-refractivity contribution in [2.24, 2.45) is 5.73 Å². The second-order valence-electron chi connectivity index (χ2n) is 4.50. The van der Waals surface area contributed by atoms with Crippen molar-refractivity contribution >= 4 is 33.0 Å². The number of hydrogen-bond acceptors (Lipinski definition) is 4. The van der Waals surface area contributed by atoms with Gasteiger partial charge in [-0.25, -0.2) is 8.42 Å². The summed E-state index contributed by atoms with van der Waals surface area (Å²) in [6.07, 6.45) is 2.42. The standard InChI is InChI=1S/C10H20N2O3S2/c1-5-6-7(8(11)16)12-9(13)10(2,3)17(4,14)15/h7H,5-6H2,1-4H3,(H2,11,16)(H,12,13). The maximum Gasteiger partial charge on any atom is 0.241 e. The molecule has 0 aromatic rings. The molecule has 3 N–H and O–H groups in total. The predicted octanol–water partition coefficient (Wildman–Crippen LogP) is 0.381. The third-order valence-corrected chi connectivity index (χ3v) is 5.02. The summed E-state index contributed by atoms with van der Waals surface area (Å²) < 4.78 is 21.5. The van der Waals surface area contributed by atoms with Crippen LogP contribution in [0.15, 0.2) is 0 Å². The lowest BCUT2D eigenvalue weighted by Crippen LogP contribution is -2.53. The van der Waals surface area contributed by atoms with Crippen molar-refractivity contribution in [2.45, 2.75) is 44.4 Å². The lowest BCUT2D eigenvalue weighted by Gasteiger charge is -2.25. The van der Waals surface area contributed by atoms with Crippen LogP contribution in [0.1, 0.15) is 33.6 Å². The topological polar surface area (TPSA) is 89.3 Å². The highest BCUT2D eigenvalue weighted by molar-refractivity contribution is 7.92. The van der Waals surface area contributed by atoms with Crippen molar-refractivity contribution in [3.05, 3.63) is 0 Å². The van der Waals surface area contributed by atoms with Crippen molar-refractivity contribution in [3.63, 3.8) is 0 Å².